The van der Waals surface area contributed by atoms with Crippen LogP contribution in [0, 0.1) is 5.92 Å². The second-order valence-corrected chi connectivity index (χ2v) is 6.36. The molecule has 7 nitrogen and oxygen atoms in total. The molecule has 1 aliphatic heterocycles. The van der Waals surface area contributed by atoms with E-state index in [9.17, 15) is 13.2 Å². The van der Waals surface area contributed by atoms with Gasteiger partial charge in [0.25, 0.3) is 10.2 Å². The summed E-state index contributed by atoms with van der Waals surface area (Å²) in [6.07, 6.45) is 0.263. The summed E-state index contributed by atoms with van der Waals surface area (Å²) in [5.74, 6) is -1.06. The lowest BCUT2D eigenvalue weighted by Crippen LogP contribution is -2.51. The lowest BCUT2D eigenvalue weighted by Gasteiger charge is -2.28. The third-order valence-electron chi connectivity index (χ3n) is 2.61. The summed E-state index contributed by atoms with van der Waals surface area (Å²) >= 11 is 0. The van der Waals surface area contributed by atoms with Crippen molar-refractivity contribution in [2.24, 2.45) is 5.92 Å². The van der Waals surface area contributed by atoms with Gasteiger partial charge in [-0.15, -0.1) is 0 Å². The third-order valence-corrected chi connectivity index (χ3v) is 4.23. The fourth-order valence-corrected chi connectivity index (χ4v) is 3.05. The van der Waals surface area contributed by atoms with Gasteiger partial charge in [0.1, 0.15) is 6.04 Å². The molecule has 1 aliphatic rings. The van der Waals surface area contributed by atoms with Crippen molar-refractivity contribution in [1.29, 1.82) is 0 Å². The number of ether oxygens (including phenoxy) is 1. The van der Waals surface area contributed by atoms with Crippen molar-refractivity contribution in [1.82, 2.24) is 9.03 Å². The highest BCUT2D eigenvalue weighted by molar-refractivity contribution is 7.87. The first-order chi connectivity index (χ1) is 8.33. The molecule has 8 heteroatoms. The van der Waals surface area contributed by atoms with E-state index in [1.54, 1.807) is 0 Å². The van der Waals surface area contributed by atoms with E-state index in [2.05, 4.69) is 4.72 Å². The Labute approximate surface area is 107 Å². The highest BCUT2D eigenvalue weighted by Gasteiger charge is 2.30. The van der Waals surface area contributed by atoms with Crippen LogP contribution in [-0.2, 0) is 19.7 Å². The van der Waals surface area contributed by atoms with Gasteiger partial charge in [0.05, 0.1) is 13.2 Å². The second-order valence-electron chi connectivity index (χ2n) is 4.65. The Morgan fingerprint density at radius 1 is 1.39 bits per heavy atom. The van der Waals surface area contributed by atoms with Crippen molar-refractivity contribution in [3.8, 4) is 0 Å². The number of morpholine rings is 1. The summed E-state index contributed by atoms with van der Waals surface area (Å²) in [5, 5.41) is 9.01. The van der Waals surface area contributed by atoms with Crippen LogP contribution in [0.3, 0.4) is 0 Å². The molecule has 1 heterocycles. The maximum absolute atomic E-state index is 12.0. The quantitative estimate of drug-likeness (QED) is 0.693. The van der Waals surface area contributed by atoms with Crippen molar-refractivity contribution in [3.63, 3.8) is 0 Å². The van der Waals surface area contributed by atoms with Gasteiger partial charge in [-0.3, -0.25) is 4.79 Å². The Morgan fingerprint density at radius 2 is 1.94 bits per heavy atom. The first-order valence-corrected chi connectivity index (χ1v) is 7.35. The second kappa shape index (κ2) is 6.46. The lowest BCUT2D eigenvalue weighted by atomic mass is 10.1. The minimum Gasteiger partial charge on any atom is -0.480 e. The number of carboxylic acid groups (broad SMARTS) is 1. The highest BCUT2D eigenvalue weighted by atomic mass is 32.2. The van der Waals surface area contributed by atoms with Gasteiger partial charge < -0.3 is 9.84 Å². The van der Waals surface area contributed by atoms with Gasteiger partial charge in [0.2, 0.25) is 0 Å². The van der Waals surface area contributed by atoms with Gasteiger partial charge in [-0.05, 0) is 12.3 Å². The zero-order valence-electron chi connectivity index (χ0n) is 10.6. The van der Waals surface area contributed by atoms with Crippen LogP contribution in [0.2, 0.25) is 0 Å². The van der Waals surface area contributed by atoms with Crippen molar-refractivity contribution in [3.05, 3.63) is 0 Å². The molecule has 0 saturated carbocycles. The molecule has 0 spiro atoms. The van der Waals surface area contributed by atoms with E-state index in [0.717, 1.165) is 0 Å². The van der Waals surface area contributed by atoms with E-state index < -0.39 is 22.2 Å². The van der Waals surface area contributed by atoms with Gasteiger partial charge in [-0.25, -0.2) is 0 Å². The van der Waals surface area contributed by atoms with Crippen molar-refractivity contribution in [2.45, 2.75) is 26.3 Å². The summed E-state index contributed by atoms with van der Waals surface area (Å²) < 4.78 is 32.5. The fraction of sp³-hybridized carbons (Fsp3) is 0.900. The maximum Gasteiger partial charge on any atom is 0.321 e. The molecule has 0 aromatic rings. The van der Waals surface area contributed by atoms with E-state index in [-0.39, 0.29) is 25.4 Å². The SMILES string of the molecule is CC(C)CC(NS(=O)(=O)N1CCOCC1)C(=O)O. The number of hydrogen-bond donors (Lipinski definition) is 2. The predicted octanol–water partition coefficient (Wildman–Crippen LogP) is -0.348. The van der Waals surface area contributed by atoms with Crippen LogP contribution in [0.1, 0.15) is 20.3 Å². The smallest absolute Gasteiger partial charge is 0.321 e. The average Bonchev–Trinajstić information content (AvgIpc) is 2.28. The van der Waals surface area contributed by atoms with Crippen LogP contribution < -0.4 is 4.72 Å². The summed E-state index contributed by atoms with van der Waals surface area (Å²) in [6.45, 7) is 4.87. The van der Waals surface area contributed by atoms with Gasteiger partial charge in [-0.1, -0.05) is 13.8 Å². The monoisotopic (exact) mass is 280 g/mol. The Morgan fingerprint density at radius 3 is 2.39 bits per heavy atom. The van der Waals surface area contributed by atoms with E-state index in [4.69, 9.17) is 9.84 Å². The standard InChI is InChI=1S/C10H20N2O5S/c1-8(2)7-9(10(13)14)11-18(15,16)12-3-5-17-6-4-12/h8-9,11H,3-7H2,1-2H3,(H,13,14). The summed E-state index contributed by atoms with van der Waals surface area (Å²) in [7, 11) is -3.75. The summed E-state index contributed by atoms with van der Waals surface area (Å²) in [6, 6.07) is -1.09. The molecule has 2 N–H and O–H groups in total. The Hall–Kier alpha value is -0.700. The van der Waals surface area contributed by atoms with Crippen LogP contribution in [-0.4, -0.2) is 56.1 Å². The topological polar surface area (TPSA) is 95.9 Å². The van der Waals surface area contributed by atoms with Gasteiger partial charge >= 0.3 is 5.97 Å². The summed E-state index contributed by atoms with van der Waals surface area (Å²) in [5.41, 5.74) is 0. The van der Waals surface area contributed by atoms with Crippen molar-refractivity contribution < 1.29 is 23.1 Å². The Kier molecular flexibility index (Phi) is 5.51. The number of aliphatic carboxylic acids is 1. The molecule has 0 amide bonds. The van der Waals surface area contributed by atoms with E-state index in [0.29, 0.717) is 13.2 Å². The van der Waals surface area contributed by atoms with E-state index >= 15 is 0 Å². The molecule has 0 radical (unpaired) electrons. The Balaban J connectivity index is 2.68. The average molecular weight is 280 g/mol. The van der Waals surface area contributed by atoms with Crippen LogP contribution >= 0.6 is 0 Å². The molecule has 0 aliphatic carbocycles. The number of nitrogens with one attached hydrogen (secondary N) is 1. The molecule has 0 aromatic heterocycles. The maximum atomic E-state index is 12.0. The first kappa shape index (κ1) is 15.4. The molecule has 18 heavy (non-hydrogen) atoms. The zero-order valence-corrected chi connectivity index (χ0v) is 11.4. The molecule has 0 aromatic carbocycles. The van der Waals surface area contributed by atoms with Gasteiger partial charge in [0.15, 0.2) is 0 Å². The van der Waals surface area contributed by atoms with Crippen LogP contribution in [0.4, 0.5) is 0 Å². The molecule has 1 unspecified atom stereocenters. The minimum absolute atomic E-state index is 0.0958. The number of carboxylic acids is 1. The molecule has 1 rings (SSSR count). The highest BCUT2D eigenvalue weighted by Crippen LogP contribution is 2.09. The van der Waals surface area contributed by atoms with Crippen molar-refractivity contribution >= 4 is 16.2 Å². The van der Waals surface area contributed by atoms with Crippen molar-refractivity contribution in [2.75, 3.05) is 26.3 Å². The zero-order chi connectivity index (χ0) is 13.8. The fourth-order valence-electron chi connectivity index (χ4n) is 1.71. The van der Waals surface area contributed by atoms with E-state index in [1.807, 2.05) is 13.8 Å². The minimum atomic E-state index is -3.75. The molecule has 1 saturated heterocycles. The molecule has 1 atom stereocenters. The number of rotatable bonds is 6. The summed E-state index contributed by atoms with van der Waals surface area (Å²) in [4.78, 5) is 11.0. The predicted molar refractivity (Wildman–Crippen MR) is 65.3 cm³/mol. The van der Waals surface area contributed by atoms with Crippen LogP contribution in [0.5, 0.6) is 0 Å². The molecular weight excluding hydrogens is 260 g/mol. The number of hydrogen-bond acceptors (Lipinski definition) is 4. The normalized spacial score (nSPS) is 19.9. The number of nitrogens with zero attached hydrogens (tertiary/aromatic N) is 1. The number of carbonyl (C=O) groups is 1. The molecule has 1 fully saturated rings. The van der Waals surface area contributed by atoms with Crippen LogP contribution in [0.15, 0.2) is 0 Å². The molecule has 106 valence electrons. The largest absolute Gasteiger partial charge is 0.480 e. The molecule has 0 bridgehead atoms. The van der Waals surface area contributed by atoms with Gasteiger partial charge in [-0.2, -0.15) is 17.4 Å². The first-order valence-electron chi connectivity index (χ1n) is 5.91. The van der Waals surface area contributed by atoms with Gasteiger partial charge in [0, 0.05) is 13.1 Å². The van der Waals surface area contributed by atoms with Crippen LogP contribution in [0.25, 0.3) is 0 Å². The third kappa shape index (κ3) is 4.52. The Bertz CT molecular complexity index is 376. The van der Waals surface area contributed by atoms with E-state index in [1.165, 1.54) is 4.31 Å². The molecular formula is C10H20N2O5S. The lowest BCUT2D eigenvalue weighted by molar-refractivity contribution is -0.139.